The van der Waals surface area contributed by atoms with Gasteiger partial charge in [0.25, 0.3) is 5.91 Å². The number of methoxy groups -OCH3 is 1. The van der Waals surface area contributed by atoms with Crippen molar-refractivity contribution in [2.75, 3.05) is 12.4 Å². The third kappa shape index (κ3) is 5.36. The predicted octanol–water partition coefficient (Wildman–Crippen LogP) is 5.25. The molecule has 0 fully saturated rings. The van der Waals surface area contributed by atoms with Crippen molar-refractivity contribution >= 4 is 29.0 Å². The molecular weight excluding hydrogens is 390 g/mol. The Morgan fingerprint density at radius 1 is 0.828 bits per heavy atom. The van der Waals surface area contributed by atoms with E-state index in [-0.39, 0.29) is 11.7 Å². The summed E-state index contributed by atoms with van der Waals surface area (Å²) >= 11 is 5.84. The number of ether oxygens (including phenoxy) is 2. The van der Waals surface area contributed by atoms with Crippen molar-refractivity contribution in [3.8, 4) is 11.5 Å². The lowest BCUT2D eigenvalue weighted by Crippen LogP contribution is -2.23. The van der Waals surface area contributed by atoms with Crippen molar-refractivity contribution in [3.63, 3.8) is 0 Å². The van der Waals surface area contributed by atoms with Crippen LogP contribution in [0, 0.1) is 0 Å². The highest BCUT2D eigenvalue weighted by atomic mass is 35.5. The number of hydrogen-bond donors (Lipinski definition) is 1. The van der Waals surface area contributed by atoms with Crippen LogP contribution < -0.4 is 14.8 Å². The molecule has 1 unspecified atom stereocenters. The molecule has 1 amide bonds. The monoisotopic (exact) mass is 409 g/mol. The molecule has 148 valence electrons. The minimum atomic E-state index is -0.655. The van der Waals surface area contributed by atoms with E-state index in [0.717, 1.165) is 0 Å². The average molecular weight is 410 g/mol. The largest absolute Gasteiger partial charge is 0.497 e. The van der Waals surface area contributed by atoms with Gasteiger partial charge in [-0.3, -0.25) is 9.59 Å². The van der Waals surface area contributed by atoms with E-state index in [1.807, 2.05) is 0 Å². The van der Waals surface area contributed by atoms with Crippen LogP contribution in [-0.4, -0.2) is 24.9 Å². The molecule has 0 spiro atoms. The summed E-state index contributed by atoms with van der Waals surface area (Å²) in [7, 11) is 1.57. The molecule has 5 nitrogen and oxygen atoms in total. The summed E-state index contributed by atoms with van der Waals surface area (Å²) in [4.78, 5) is 24.8. The zero-order valence-corrected chi connectivity index (χ0v) is 16.8. The van der Waals surface area contributed by atoms with Crippen LogP contribution in [0.15, 0.2) is 72.8 Å². The van der Waals surface area contributed by atoms with Gasteiger partial charge in [-0.05, 0) is 79.7 Å². The van der Waals surface area contributed by atoms with Crippen molar-refractivity contribution in [1.29, 1.82) is 0 Å². The molecule has 0 saturated heterocycles. The summed E-state index contributed by atoms with van der Waals surface area (Å²) in [5.41, 5.74) is 1.67. The number of rotatable bonds is 7. The Kier molecular flexibility index (Phi) is 6.52. The van der Waals surface area contributed by atoms with Crippen molar-refractivity contribution < 1.29 is 19.1 Å². The molecule has 0 saturated carbocycles. The van der Waals surface area contributed by atoms with Gasteiger partial charge >= 0.3 is 0 Å². The second-order valence-electron chi connectivity index (χ2n) is 6.34. The fourth-order valence-corrected chi connectivity index (χ4v) is 2.79. The van der Waals surface area contributed by atoms with Crippen molar-refractivity contribution in [2.24, 2.45) is 0 Å². The molecule has 0 aliphatic carbocycles. The van der Waals surface area contributed by atoms with E-state index in [1.54, 1.807) is 86.8 Å². The number of benzene rings is 3. The highest BCUT2D eigenvalue weighted by Gasteiger charge is 2.17. The molecule has 1 N–H and O–H groups in total. The SMILES string of the molecule is COc1ccc(C(=O)C(C)Oc2ccc(NC(=O)c3ccc(Cl)cc3)cc2)cc1. The molecule has 0 heterocycles. The average Bonchev–Trinajstić information content (AvgIpc) is 2.75. The summed E-state index contributed by atoms with van der Waals surface area (Å²) in [5.74, 6) is 0.848. The Morgan fingerprint density at radius 3 is 1.97 bits per heavy atom. The Balaban J connectivity index is 1.59. The lowest BCUT2D eigenvalue weighted by atomic mass is 10.1. The first kappa shape index (κ1) is 20.4. The maximum Gasteiger partial charge on any atom is 0.255 e. The Labute approximate surface area is 174 Å². The minimum Gasteiger partial charge on any atom is -0.497 e. The fourth-order valence-electron chi connectivity index (χ4n) is 2.67. The molecule has 0 aliphatic rings. The van der Waals surface area contributed by atoms with E-state index in [0.29, 0.717) is 33.3 Å². The van der Waals surface area contributed by atoms with Gasteiger partial charge in [0.2, 0.25) is 5.78 Å². The van der Waals surface area contributed by atoms with Gasteiger partial charge in [0.1, 0.15) is 11.5 Å². The van der Waals surface area contributed by atoms with Gasteiger partial charge in [0.15, 0.2) is 6.10 Å². The lowest BCUT2D eigenvalue weighted by Gasteiger charge is -2.14. The summed E-state index contributed by atoms with van der Waals surface area (Å²) in [6, 6.07) is 20.3. The molecule has 3 aromatic carbocycles. The standard InChI is InChI=1S/C23H20ClNO4/c1-15(22(26)16-5-11-20(28-2)12-6-16)29-21-13-9-19(10-14-21)25-23(27)17-3-7-18(24)8-4-17/h3-15H,1-2H3,(H,25,27). The van der Waals surface area contributed by atoms with Gasteiger partial charge in [-0.25, -0.2) is 0 Å². The second-order valence-corrected chi connectivity index (χ2v) is 6.77. The molecule has 1 atom stereocenters. The van der Waals surface area contributed by atoms with E-state index in [4.69, 9.17) is 21.1 Å². The first-order valence-electron chi connectivity index (χ1n) is 8.98. The summed E-state index contributed by atoms with van der Waals surface area (Å²) < 4.78 is 10.8. The van der Waals surface area contributed by atoms with Crippen molar-refractivity contribution in [3.05, 3.63) is 88.9 Å². The first-order chi connectivity index (χ1) is 14.0. The summed E-state index contributed by atoms with van der Waals surface area (Å²) in [5, 5.41) is 3.37. The zero-order valence-electron chi connectivity index (χ0n) is 16.0. The number of Topliss-reactive ketones (excluding diaryl/α,β-unsaturated/α-hetero) is 1. The van der Waals surface area contributed by atoms with Crippen LogP contribution in [0.5, 0.6) is 11.5 Å². The van der Waals surface area contributed by atoms with Gasteiger partial charge in [-0.1, -0.05) is 11.6 Å². The van der Waals surface area contributed by atoms with Crippen molar-refractivity contribution in [1.82, 2.24) is 0 Å². The van der Waals surface area contributed by atoms with E-state index >= 15 is 0 Å². The zero-order chi connectivity index (χ0) is 20.8. The van der Waals surface area contributed by atoms with Crippen LogP contribution in [0.1, 0.15) is 27.6 Å². The van der Waals surface area contributed by atoms with Gasteiger partial charge in [0, 0.05) is 21.8 Å². The minimum absolute atomic E-state index is 0.132. The third-order valence-electron chi connectivity index (χ3n) is 4.28. The Hall–Kier alpha value is -3.31. The summed E-state index contributed by atoms with van der Waals surface area (Å²) in [6.07, 6.45) is -0.655. The molecule has 3 aromatic rings. The summed E-state index contributed by atoms with van der Waals surface area (Å²) in [6.45, 7) is 1.70. The van der Waals surface area contributed by atoms with Gasteiger partial charge in [-0.2, -0.15) is 0 Å². The number of halogens is 1. The van der Waals surface area contributed by atoms with Crippen LogP contribution in [-0.2, 0) is 0 Å². The van der Waals surface area contributed by atoms with Crippen LogP contribution in [0.4, 0.5) is 5.69 Å². The smallest absolute Gasteiger partial charge is 0.255 e. The number of ketones is 1. The van der Waals surface area contributed by atoms with E-state index in [9.17, 15) is 9.59 Å². The molecule has 0 aliphatic heterocycles. The molecular formula is C23H20ClNO4. The van der Waals surface area contributed by atoms with Crippen LogP contribution in [0.3, 0.4) is 0 Å². The van der Waals surface area contributed by atoms with E-state index in [1.165, 1.54) is 0 Å². The van der Waals surface area contributed by atoms with Gasteiger partial charge in [-0.15, -0.1) is 0 Å². The van der Waals surface area contributed by atoms with Crippen LogP contribution in [0.25, 0.3) is 0 Å². The van der Waals surface area contributed by atoms with Crippen LogP contribution in [0.2, 0.25) is 5.02 Å². The predicted molar refractivity (Wildman–Crippen MR) is 113 cm³/mol. The Bertz CT molecular complexity index is 983. The fraction of sp³-hybridized carbons (Fsp3) is 0.130. The normalized spacial score (nSPS) is 11.4. The van der Waals surface area contributed by atoms with Gasteiger partial charge in [0.05, 0.1) is 7.11 Å². The maximum atomic E-state index is 12.5. The third-order valence-corrected chi connectivity index (χ3v) is 4.53. The molecule has 0 aromatic heterocycles. The number of anilines is 1. The van der Waals surface area contributed by atoms with E-state index in [2.05, 4.69) is 5.32 Å². The van der Waals surface area contributed by atoms with Crippen LogP contribution >= 0.6 is 11.6 Å². The van der Waals surface area contributed by atoms with E-state index < -0.39 is 6.10 Å². The van der Waals surface area contributed by atoms with Crippen molar-refractivity contribution in [2.45, 2.75) is 13.0 Å². The number of amides is 1. The Morgan fingerprint density at radius 2 is 1.38 bits per heavy atom. The molecule has 29 heavy (non-hydrogen) atoms. The number of nitrogens with one attached hydrogen (secondary N) is 1. The maximum absolute atomic E-state index is 12.5. The molecule has 6 heteroatoms. The number of carbonyl (C=O) groups excluding carboxylic acids is 2. The highest BCUT2D eigenvalue weighted by Crippen LogP contribution is 2.20. The topological polar surface area (TPSA) is 64.6 Å². The highest BCUT2D eigenvalue weighted by molar-refractivity contribution is 6.30. The second kappa shape index (κ2) is 9.26. The lowest BCUT2D eigenvalue weighted by molar-refractivity contribution is 0.0818. The first-order valence-corrected chi connectivity index (χ1v) is 9.36. The quantitative estimate of drug-likeness (QED) is 0.541. The van der Waals surface area contributed by atoms with Gasteiger partial charge < -0.3 is 14.8 Å². The number of carbonyl (C=O) groups is 2. The molecule has 3 rings (SSSR count). The molecule has 0 radical (unpaired) electrons. The molecule has 0 bridgehead atoms. The number of hydrogen-bond acceptors (Lipinski definition) is 4.